The molecule has 1 atom stereocenters. The summed E-state index contributed by atoms with van der Waals surface area (Å²) in [5, 5.41) is 13.7. The third kappa shape index (κ3) is 4.41. The van der Waals surface area contributed by atoms with Crippen LogP contribution in [0.4, 0.5) is 5.69 Å². The third-order valence-corrected chi connectivity index (χ3v) is 3.81. The summed E-state index contributed by atoms with van der Waals surface area (Å²) in [6, 6.07) is 6.14. The highest BCUT2D eigenvalue weighted by atomic mass is 35.5. The van der Waals surface area contributed by atoms with Crippen molar-refractivity contribution in [3.05, 3.63) is 39.9 Å². The largest absolute Gasteiger partial charge is 0.349 e. The van der Waals surface area contributed by atoms with Gasteiger partial charge in [-0.3, -0.25) is 14.9 Å². The van der Waals surface area contributed by atoms with E-state index in [1.165, 1.54) is 12.1 Å². The van der Waals surface area contributed by atoms with Crippen molar-refractivity contribution >= 4 is 24.0 Å². The van der Waals surface area contributed by atoms with E-state index in [0.717, 1.165) is 12.8 Å². The molecule has 116 valence electrons. The first kappa shape index (κ1) is 17.4. The van der Waals surface area contributed by atoms with Gasteiger partial charge in [-0.15, -0.1) is 12.4 Å². The standard InChI is InChI=1S/C14H19N3O3.ClH/c1-14(9-15,11-5-6-11)16-13(18)8-10-3-2-4-12(7-10)17(19)20;/h2-4,7,11H,5-6,8-9,15H2,1H3,(H,16,18);1H. The summed E-state index contributed by atoms with van der Waals surface area (Å²) in [4.78, 5) is 22.3. The van der Waals surface area contributed by atoms with Crippen molar-refractivity contribution in [3.8, 4) is 0 Å². The Labute approximate surface area is 129 Å². The fraction of sp³-hybridized carbons (Fsp3) is 0.500. The molecule has 0 heterocycles. The van der Waals surface area contributed by atoms with E-state index in [1.807, 2.05) is 6.92 Å². The van der Waals surface area contributed by atoms with Crippen LogP contribution >= 0.6 is 12.4 Å². The Morgan fingerprint density at radius 2 is 2.19 bits per heavy atom. The second-order valence-corrected chi connectivity index (χ2v) is 5.55. The first-order chi connectivity index (χ1) is 9.44. The van der Waals surface area contributed by atoms with Crippen LogP contribution in [0.2, 0.25) is 0 Å². The minimum Gasteiger partial charge on any atom is -0.349 e. The average molecular weight is 314 g/mol. The van der Waals surface area contributed by atoms with Gasteiger partial charge in [0.05, 0.1) is 16.9 Å². The molecule has 0 aromatic heterocycles. The van der Waals surface area contributed by atoms with Crippen molar-refractivity contribution in [2.24, 2.45) is 11.7 Å². The van der Waals surface area contributed by atoms with E-state index >= 15 is 0 Å². The highest BCUT2D eigenvalue weighted by Gasteiger charge is 2.41. The SMILES string of the molecule is CC(CN)(NC(=O)Cc1cccc([N+](=O)[O-])c1)C1CC1.Cl. The Morgan fingerprint density at radius 3 is 2.71 bits per heavy atom. The lowest BCUT2D eigenvalue weighted by molar-refractivity contribution is -0.384. The number of rotatable bonds is 6. The maximum atomic E-state index is 12.1. The van der Waals surface area contributed by atoms with Crippen LogP contribution in [0, 0.1) is 16.0 Å². The molecule has 0 spiro atoms. The number of halogens is 1. The molecule has 2 rings (SSSR count). The molecule has 1 aliphatic carbocycles. The highest BCUT2D eigenvalue weighted by Crippen LogP contribution is 2.38. The summed E-state index contributed by atoms with van der Waals surface area (Å²) in [6.07, 6.45) is 2.31. The minimum absolute atomic E-state index is 0. The van der Waals surface area contributed by atoms with Crippen molar-refractivity contribution in [1.29, 1.82) is 0 Å². The van der Waals surface area contributed by atoms with Gasteiger partial charge < -0.3 is 11.1 Å². The number of hydrogen-bond acceptors (Lipinski definition) is 4. The van der Waals surface area contributed by atoms with E-state index in [4.69, 9.17) is 5.73 Å². The average Bonchev–Trinajstić information content (AvgIpc) is 3.23. The minimum atomic E-state index is -0.463. The van der Waals surface area contributed by atoms with Crippen molar-refractivity contribution in [2.45, 2.75) is 31.7 Å². The Hall–Kier alpha value is -1.66. The smallest absolute Gasteiger partial charge is 0.269 e. The van der Waals surface area contributed by atoms with Crippen LogP contribution in [0.3, 0.4) is 0 Å². The summed E-state index contributed by atoms with van der Waals surface area (Å²) in [5.74, 6) is 0.298. The van der Waals surface area contributed by atoms with Crippen molar-refractivity contribution in [2.75, 3.05) is 6.54 Å². The molecule has 1 aromatic carbocycles. The van der Waals surface area contributed by atoms with Gasteiger partial charge in [0.25, 0.3) is 5.69 Å². The fourth-order valence-electron chi connectivity index (χ4n) is 2.37. The molecule has 1 aliphatic rings. The molecule has 1 aromatic rings. The number of nitrogens with two attached hydrogens (primary N) is 1. The van der Waals surface area contributed by atoms with Gasteiger partial charge in [0.15, 0.2) is 0 Å². The number of hydrogen-bond donors (Lipinski definition) is 2. The molecule has 0 radical (unpaired) electrons. The van der Waals surface area contributed by atoms with E-state index in [-0.39, 0.29) is 36.0 Å². The van der Waals surface area contributed by atoms with E-state index in [0.29, 0.717) is 18.0 Å². The van der Waals surface area contributed by atoms with Gasteiger partial charge in [-0.05, 0) is 31.2 Å². The Balaban J connectivity index is 0.00000220. The van der Waals surface area contributed by atoms with Crippen molar-refractivity contribution in [1.82, 2.24) is 5.32 Å². The van der Waals surface area contributed by atoms with Gasteiger partial charge in [0.1, 0.15) is 0 Å². The molecule has 3 N–H and O–H groups in total. The maximum Gasteiger partial charge on any atom is 0.269 e. The number of nitrogens with zero attached hydrogens (tertiary/aromatic N) is 1. The van der Waals surface area contributed by atoms with Crippen LogP contribution in [0.15, 0.2) is 24.3 Å². The summed E-state index contributed by atoms with van der Waals surface area (Å²) >= 11 is 0. The molecule has 0 saturated heterocycles. The molecule has 0 aliphatic heterocycles. The van der Waals surface area contributed by atoms with Crippen LogP contribution in [-0.4, -0.2) is 22.9 Å². The molecule has 7 heteroatoms. The van der Waals surface area contributed by atoms with Crippen molar-refractivity contribution in [3.63, 3.8) is 0 Å². The topological polar surface area (TPSA) is 98.3 Å². The Morgan fingerprint density at radius 1 is 1.52 bits per heavy atom. The van der Waals surface area contributed by atoms with Gasteiger partial charge in [-0.2, -0.15) is 0 Å². The van der Waals surface area contributed by atoms with E-state index < -0.39 is 4.92 Å². The summed E-state index contributed by atoms with van der Waals surface area (Å²) in [5.41, 5.74) is 6.02. The van der Waals surface area contributed by atoms with Gasteiger partial charge in [-0.1, -0.05) is 12.1 Å². The zero-order valence-electron chi connectivity index (χ0n) is 11.9. The van der Waals surface area contributed by atoms with Crippen molar-refractivity contribution < 1.29 is 9.72 Å². The lowest BCUT2D eigenvalue weighted by atomic mass is 9.95. The molecule has 1 saturated carbocycles. The molecular formula is C14H20ClN3O3. The number of amides is 1. The van der Waals surface area contributed by atoms with Crippen LogP contribution in [0.25, 0.3) is 0 Å². The summed E-state index contributed by atoms with van der Waals surface area (Å²) in [6.45, 7) is 2.36. The Bertz CT molecular complexity index is 534. The molecular weight excluding hydrogens is 294 g/mol. The van der Waals surface area contributed by atoms with Gasteiger partial charge >= 0.3 is 0 Å². The molecule has 6 nitrogen and oxygen atoms in total. The maximum absolute atomic E-state index is 12.1. The van der Waals surface area contributed by atoms with Crippen LogP contribution in [0.5, 0.6) is 0 Å². The zero-order valence-corrected chi connectivity index (χ0v) is 12.7. The third-order valence-electron chi connectivity index (χ3n) is 3.81. The molecule has 1 unspecified atom stereocenters. The fourth-order valence-corrected chi connectivity index (χ4v) is 2.37. The Kier molecular flexibility index (Phi) is 5.69. The first-order valence-corrected chi connectivity index (χ1v) is 6.69. The number of nitro groups is 1. The zero-order chi connectivity index (χ0) is 14.8. The van der Waals surface area contributed by atoms with E-state index in [2.05, 4.69) is 5.32 Å². The normalized spacial score (nSPS) is 16.5. The van der Waals surface area contributed by atoms with E-state index in [1.54, 1.807) is 12.1 Å². The highest BCUT2D eigenvalue weighted by molar-refractivity contribution is 5.85. The number of nitrogens with one attached hydrogen (secondary N) is 1. The number of benzene rings is 1. The lowest BCUT2D eigenvalue weighted by Crippen LogP contribution is -2.53. The van der Waals surface area contributed by atoms with Crippen LogP contribution < -0.4 is 11.1 Å². The number of nitro benzene ring substituents is 1. The molecule has 1 fully saturated rings. The quantitative estimate of drug-likeness (QED) is 0.618. The second kappa shape index (κ2) is 6.87. The number of non-ortho nitro benzene ring substituents is 1. The number of carbonyl (C=O) groups is 1. The first-order valence-electron chi connectivity index (χ1n) is 6.69. The van der Waals surface area contributed by atoms with Crippen LogP contribution in [0.1, 0.15) is 25.3 Å². The predicted octanol–water partition coefficient (Wildman–Crippen LogP) is 1.80. The number of carbonyl (C=O) groups excluding carboxylic acids is 1. The predicted molar refractivity (Wildman–Crippen MR) is 82.4 cm³/mol. The van der Waals surface area contributed by atoms with Gasteiger partial charge in [0.2, 0.25) is 5.91 Å². The summed E-state index contributed by atoms with van der Waals surface area (Å²) in [7, 11) is 0. The molecule has 1 amide bonds. The van der Waals surface area contributed by atoms with Crippen LogP contribution in [-0.2, 0) is 11.2 Å². The molecule has 0 bridgehead atoms. The monoisotopic (exact) mass is 313 g/mol. The molecule has 21 heavy (non-hydrogen) atoms. The lowest BCUT2D eigenvalue weighted by Gasteiger charge is -2.29. The summed E-state index contributed by atoms with van der Waals surface area (Å²) < 4.78 is 0. The second-order valence-electron chi connectivity index (χ2n) is 5.55. The van der Waals surface area contributed by atoms with E-state index in [9.17, 15) is 14.9 Å². The van der Waals surface area contributed by atoms with Gasteiger partial charge in [-0.25, -0.2) is 0 Å². The van der Waals surface area contributed by atoms with Gasteiger partial charge in [0, 0.05) is 18.7 Å².